The summed E-state index contributed by atoms with van der Waals surface area (Å²) in [4.78, 5) is 27.7. The number of aromatic nitrogens is 3. The molecule has 0 bridgehead atoms. The number of nitrogens with one attached hydrogen (secondary N) is 1. The molecule has 1 N–H and O–H groups in total. The first-order valence-corrected chi connectivity index (χ1v) is 12.1. The van der Waals surface area contributed by atoms with Crippen LogP contribution < -0.4 is 5.32 Å². The van der Waals surface area contributed by atoms with Crippen molar-refractivity contribution in [1.82, 2.24) is 19.9 Å². The summed E-state index contributed by atoms with van der Waals surface area (Å²) in [7, 11) is 0. The number of hydrogen-bond acceptors (Lipinski definition) is 4. The minimum absolute atomic E-state index is 0.00234. The summed E-state index contributed by atoms with van der Waals surface area (Å²) in [6, 6.07) is 11.5. The summed E-state index contributed by atoms with van der Waals surface area (Å²) < 4.78 is 2.02. The Morgan fingerprint density at radius 3 is 2.52 bits per heavy atom. The molecule has 2 heterocycles. The van der Waals surface area contributed by atoms with Crippen LogP contribution in [0.5, 0.6) is 0 Å². The fraction of sp³-hybridized carbons (Fsp3) is 0.440. The molecule has 0 radical (unpaired) electrons. The number of carbonyl (C=O) groups excluding carboxylic acids is 2. The molecule has 0 spiro atoms. The van der Waals surface area contributed by atoms with Gasteiger partial charge in [-0.2, -0.15) is 0 Å². The number of aryl methyl sites for hydroxylation is 1. The van der Waals surface area contributed by atoms with E-state index in [9.17, 15) is 9.59 Å². The van der Waals surface area contributed by atoms with Crippen molar-refractivity contribution in [2.45, 2.75) is 51.5 Å². The zero-order chi connectivity index (χ0) is 22.9. The van der Waals surface area contributed by atoms with Crippen LogP contribution in [0, 0.1) is 12.8 Å². The minimum Gasteiger partial charge on any atom is -0.339 e. The minimum atomic E-state index is -0.113. The van der Waals surface area contributed by atoms with E-state index in [0.29, 0.717) is 42.6 Å². The molecule has 7 nitrogen and oxygen atoms in total. The van der Waals surface area contributed by atoms with E-state index in [-0.39, 0.29) is 17.7 Å². The first-order chi connectivity index (χ1) is 16.0. The van der Waals surface area contributed by atoms with Crippen LogP contribution in [-0.2, 0) is 4.79 Å². The highest BCUT2D eigenvalue weighted by molar-refractivity contribution is 6.30. The molecule has 0 atom stereocenters. The maximum Gasteiger partial charge on any atom is 0.253 e. The molecular formula is C25H28ClN5O2. The lowest BCUT2D eigenvalue weighted by Crippen LogP contribution is -2.41. The number of amides is 2. The largest absolute Gasteiger partial charge is 0.339 e. The molecule has 5 rings (SSSR count). The van der Waals surface area contributed by atoms with Gasteiger partial charge in [0.25, 0.3) is 5.91 Å². The second-order valence-corrected chi connectivity index (χ2v) is 9.63. The van der Waals surface area contributed by atoms with Gasteiger partial charge in [-0.1, -0.05) is 29.7 Å². The third kappa shape index (κ3) is 4.47. The monoisotopic (exact) mass is 465 g/mol. The van der Waals surface area contributed by atoms with Crippen molar-refractivity contribution in [3.8, 4) is 0 Å². The molecule has 33 heavy (non-hydrogen) atoms. The molecule has 2 fully saturated rings. The number of likely N-dealkylation sites (tertiary alicyclic amines) is 1. The Bertz CT molecular complexity index is 1190. The number of carbonyl (C=O) groups is 2. The molecule has 1 saturated carbocycles. The van der Waals surface area contributed by atoms with E-state index in [4.69, 9.17) is 11.6 Å². The highest BCUT2D eigenvalue weighted by atomic mass is 35.5. The van der Waals surface area contributed by atoms with Gasteiger partial charge in [0.15, 0.2) is 0 Å². The van der Waals surface area contributed by atoms with Gasteiger partial charge in [0.05, 0.1) is 11.6 Å². The number of hydrogen-bond donors (Lipinski definition) is 1. The molecule has 2 aromatic carbocycles. The van der Waals surface area contributed by atoms with Crippen LogP contribution in [0.25, 0.3) is 11.0 Å². The summed E-state index contributed by atoms with van der Waals surface area (Å²) >= 11 is 6.00. The van der Waals surface area contributed by atoms with Crippen molar-refractivity contribution in [3.05, 3.63) is 52.5 Å². The van der Waals surface area contributed by atoms with Gasteiger partial charge in [-0.05, 0) is 74.6 Å². The molecule has 1 aliphatic heterocycles. The van der Waals surface area contributed by atoms with E-state index in [2.05, 4.69) is 15.6 Å². The van der Waals surface area contributed by atoms with Crippen LogP contribution in [0.4, 0.5) is 5.69 Å². The number of benzene rings is 2. The van der Waals surface area contributed by atoms with Gasteiger partial charge in [-0.15, -0.1) is 5.10 Å². The lowest BCUT2D eigenvalue weighted by Gasteiger charge is -2.31. The van der Waals surface area contributed by atoms with Crippen LogP contribution in [-0.4, -0.2) is 44.8 Å². The van der Waals surface area contributed by atoms with Crippen molar-refractivity contribution in [1.29, 1.82) is 0 Å². The summed E-state index contributed by atoms with van der Waals surface area (Å²) in [5.41, 5.74) is 4.10. The van der Waals surface area contributed by atoms with Crippen LogP contribution in [0.1, 0.15) is 60.5 Å². The van der Waals surface area contributed by atoms with Gasteiger partial charge < -0.3 is 10.2 Å². The van der Waals surface area contributed by atoms with Crippen LogP contribution in [0.15, 0.2) is 36.4 Å². The Morgan fingerprint density at radius 2 is 1.79 bits per heavy atom. The van der Waals surface area contributed by atoms with Crippen molar-refractivity contribution < 1.29 is 9.59 Å². The Labute approximate surface area is 198 Å². The second kappa shape index (κ2) is 9.14. The molecule has 1 aliphatic carbocycles. The van der Waals surface area contributed by atoms with Gasteiger partial charge in [0.1, 0.15) is 5.52 Å². The quantitative estimate of drug-likeness (QED) is 0.588. The number of anilines is 1. The molecular weight excluding hydrogens is 438 g/mol. The van der Waals surface area contributed by atoms with E-state index in [1.54, 1.807) is 6.07 Å². The molecule has 1 aromatic heterocycles. The Balaban J connectivity index is 1.21. The Kier molecular flexibility index (Phi) is 6.06. The van der Waals surface area contributed by atoms with E-state index in [1.807, 2.05) is 46.8 Å². The van der Waals surface area contributed by atoms with Crippen LogP contribution >= 0.6 is 11.6 Å². The lowest BCUT2D eigenvalue weighted by atomic mass is 9.95. The third-order valence-corrected chi connectivity index (χ3v) is 7.22. The van der Waals surface area contributed by atoms with Gasteiger partial charge in [-0.25, -0.2) is 4.68 Å². The fourth-order valence-corrected chi connectivity index (χ4v) is 5.25. The Morgan fingerprint density at radius 1 is 1.03 bits per heavy atom. The average molecular weight is 466 g/mol. The molecule has 2 amide bonds. The fourth-order valence-electron chi connectivity index (χ4n) is 5.02. The Hall–Kier alpha value is -2.93. The van der Waals surface area contributed by atoms with Crippen molar-refractivity contribution in [2.75, 3.05) is 18.4 Å². The molecule has 172 valence electrons. The van der Waals surface area contributed by atoms with Crippen molar-refractivity contribution >= 4 is 40.1 Å². The highest BCUT2D eigenvalue weighted by Crippen LogP contribution is 2.31. The number of rotatable bonds is 4. The summed E-state index contributed by atoms with van der Waals surface area (Å²) in [5.74, 6) is -0.130. The molecule has 3 aromatic rings. The van der Waals surface area contributed by atoms with E-state index < -0.39 is 0 Å². The number of halogens is 1. The van der Waals surface area contributed by atoms with Gasteiger partial charge in [-0.3, -0.25) is 9.59 Å². The normalized spacial score (nSPS) is 17.6. The van der Waals surface area contributed by atoms with Gasteiger partial charge in [0, 0.05) is 35.3 Å². The van der Waals surface area contributed by atoms with Gasteiger partial charge >= 0.3 is 0 Å². The van der Waals surface area contributed by atoms with Crippen molar-refractivity contribution in [2.24, 2.45) is 5.92 Å². The predicted molar refractivity (Wildman–Crippen MR) is 128 cm³/mol. The topological polar surface area (TPSA) is 80.1 Å². The SMILES string of the molecule is Cc1cc(Cl)ccc1NC(=O)C1CCN(C(=O)c2ccc3c(c2)nnn3C2CCCC2)CC1. The maximum absolute atomic E-state index is 13.1. The highest BCUT2D eigenvalue weighted by Gasteiger charge is 2.28. The standard InChI is InChI=1S/C25H28ClN5O2/c1-16-14-19(26)7-8-21(16)27-24(32)17-10-12-30(13-11-17)25(33)18-6-9-23-22(15-18)28-29-31(23)20-4-2-3-5-20/h6-9,14-15,17,20H,2-5,10-13H2,1H3,(H,27,32). The smallest absolute Gasteiger partial charge is 0.253 e. The van der Waals surface area contributed by atoms with Crippen LogP contribution in [0.2, 0.25) is 5.02 Å². The zero-order valence-corrected chi connectivity index (χ0v) is 19.5. The molecule has 2 aliphatic rings. The second-order valence-electron chi connectivity index (χ2n) is 9.19. The lowest BCUT2D eigenvalue weighted by molar-refractivity contribution is -0.121. The summed E-state index contributed by atoms with van der Waals surface area (Å²) in [6.45, 7) is 3.04. The van der Waals surface area contributed by atoms with E-state index in [1.165, 1.54) is 12.8 Å². The van der Waals surface area contributed by atoms with E-state index in [0.717, 1.165) is 35.1 Å². The number of piperidine rings is 1. The van der Waals surface area contributed by atoms with E-state index >= 15 is 0 Å². The number of fused-ring (bicyclic) bond motifs is 1. The maximum atomic E-state index is 13.1. The summed E-state index contributed by atoms with van der Waals surface area (Å²) in [6.07, 6.45) is 6.03. The summed E-state index contributed by atoms with van der Waals surface area (Å²) in [5, 5.41) is 12.3. The first kappa shape index (κ1) is 21.9. The van der Waals surface area contributed by atoms with Crippen molar-refractivity contribution in [3.63, 3.8) is 0 Å². The molecule has 1 saturated heterocycles. The molecule has 8 heteroatoms. The average Bonchev–Trinajstić information content (AvgIpc) is 3.50. The van der Waals surface area contributed by atoms with Crippen LogP contribution in [0.3, 0.4) is 0 Å². The number of nitrogens with zero attached hydrogens (tertiary/aromatic N) is 4. The third-order valence-electron chi connectivity index (χ3n) is 6.99. The zero-order valence-electron chi connectivity index (χ0n) is 18.8. The predicted octanol–water partition coefficient (Wildman–Crippen LogP) is 5.00. The van der Waals surface area contributed by atoms with Gasteiger partial charge in [0.2, 0.25) is 5.91 Å². The molecule has 0 unspecified atom stereocenters. The first-order valence-electron chi connectivity index (χ1n) is 11.7.